The van der Waals surface area contributed by atoms with E-state index in [1.54, 1.807) is 31.2 Å². The van der Waals surface area contributed by atoms with Gasteiger partial charge in [0.05, 0.1) is 18.3 Å². The number of amides is 3. The summed E-state index contributed by atoms with van der Waals surface area (Å²) in [5, 5.41) is 4.10. The van der Waals surface area contributed by atoms with Crippen molar-refractivity contribution in [3.8, 4) is 0 Å². The maximum atomic E-state index is 14.6. The summed E-state index contributed by atoms with van der Waals surface area (Å²) in [4.78, 5) is 42.0. The Kier molecular flexibility index (Phi) is 6.53. The number of nitrogens with one attached hydrogen (secondary N) is 1. The van der Waals surface area contributed by atoms with Crippen LogP contribution in [0.15, 0.2) is 42.5 Å². The zero-order valence-corrected chi connectivity index (χ0v) is 21.1. The van der Waals surface area contributed by atoms with Crippen LogP contribution < -0.4 is 10.2 Å². The number of halogens is 2. The Morgan fingerprint density at radius 3 is 2.43 bits per heavy atom. The molecule has 1 saturated carbocycles. The number of benzene rings is 2. The highest BCUT2D eigenvalue weighted by atomic mass is 35.5. The minimum absolute atomic E-state index is 0.0935. The second-order valence-corrected chi connectivity index (χ2v) is 10.5. The van der Waals surface area contributed by atoms with Gasteiger partial charge >= 0.3 is 6.09 Å². The van der Waals surface area contributed by atoms with Crippen molar-refractivity contribution in [2.45, 2.75) is 56.9 Å². The van der Waals surface area contributed by atoms with Gasteiger partial charge in [-0.05, 0) is 54.2 Å². The van der Waals surface area contributed by atoms with Gasteiger partial charge in [-0.3, -0.25) is 9.59 Å². The molecule has 3 amide bonds. The van der Waals surface area contributed by atoms with Crippen LogP contribution in [-0.2, 0) is 19.7 Å². The van der Waals surface area contributed by atoms with Crippen molar-refractivity contribution in [2.75, 3.05) is 11.5 Å². The van der Waals surface area contributed by atoms with Gasteiger partial charge in [0.15, 0.2) is 0 Å². The van der Waals surface area contributed by atoms with E-state index in [9.17, 15) is 14.4 Å². The standard InChI is InChI=1S/C27H28Cl2N2O4/c1-2-35-26(34)31-22-14-19(29)12-13-20(22)27(25(31)33)21(16-6-4-3-5-7-16)15-23(32)30-24(27)17-8-10-18(28)11-9-17/h8-14,16,21,24H,2-7,15H2,1H3,(H,30,32)/t21-,24+,27-/m1/s1. The van der Waals surface area contributed by atoms with Gasteiger partial charge in [-0.2, -0.15) is 0 Å². The third-order valence-electron chi connectivity index (χ3n) is 7.83. The molecule has 1 saturated heterocycles. The van der Waals surface area contributed by atoms with Crippen LogP contribution in [0.1, 0.15) is 62.6 Å². The molecule has 2 aromatic carbocycles. The number of carbonyl (C=O) groups is 3. The van der Waals surface area contributed by atoms with Crippen LogP contribution in [0.4, 0.5) is 10.5 Å². The van der Waals surface area contributed by atoms with Crippen molar-refractivity contribution in [3.63, 3.8) is 0 Å². The third-order valence-corrected chi connectivity index (χ3v) is 8.31. The summed E-state index contributed by atoms with van der Waals surface area (Å²) in [6.45, 7) is 1.84. The van der Waals surface area contributed by atoms with E-state index in [0.717, 1.165) is 42.6 Å². The van der Waals surface area contributed by atoms with Crippen molar-refractivity contribution in [2.24, 2.45) is 11.8 Å². The highest BCUT2D eigenvalue weighted by molar-refractivity contribution is 6.32. The largest absolute Gasteiger partial charge is 0.449 e. The molecule has 2 fully saturated rings. The minimum Gasteiger partial charge on any atom is -0.449 e. The second-order valence-electron chi connectivity index (χ2n) is 9.63. The van der Waals surface area contributed by atoms with Crippen LogP contribution >= 0.6 is 23.2 Å². The van der Waals surface area contributed by atoms with Gasteiger partial charge in [0.1, 0.15) is 5.41 Å². The fourth-order valence-corrected chi connectivity index (χ4v) is 6.73. The SMILES string of the molecule is CCOC(=O)N1C(=O)[C@]2(c3ccc(Cl)cc31)[C@@H](C1CCCCC1)CC(=O)N[C@H]2c1ccc(Cl)cc1. The lowest BCUT2D eigenvalue weighted by molar-refractivity contribution is -0.137. The lowest BCUT2D eigenvalue weighted by Crippen LogP contribution is -2.61. The fraction of sp³-hybridized carbons (Fsp3) is 0.444. The zero-order valence-electron chi connectivity index (χ0n) is 19.6. The van der Waals surface area contributed by atoms with E-state index < -0.39 is 17.6 Å². The molecule has 2 heterocycles. The van der Waals surface area contributed by atoms with Gasteiger partial charge < -0.3 is 10.1 Å². The molecular weight excluding hydrogens is 487 g/mol. The normalized spacial score (nSPS) is 26.5. The van der Waals surface area contributed by atoms with Crippen molar-refractivity contribution in [1.29, 1.82) is 0 Å². The number of carbonyl (C=O) groups excluding carboxylic acids is 3. The molecule has 6 nitrogen and oxygen atoms in total. The number of hydrogen-bond acceptors (Lipinski definition) is 4. The third kappa shape index (κ3) is 3.91. The first-order chi connectivity index (χ1) is 16.9. The number of fused-ring (bicyclic) bond motifs is 2. The Morgan fingerprint density at radius 1 is 1.06 bits per heavy atom. The predicted molar refractivity (Wildman–Crippen MR) is 135 cm³/mol. The van der Waals surface area contributed by atoms with Crippen molar-refractivity contribution in [1.82, 2.24) is 5.32 Å². The van der Waals surface area contributed by atoms with E-state index in [0.29, 0.717) is 21.3 Å². The topological polar surface area (TPSA) is 75.7 Å². The van der Waals surface area contributed by atoms with Crippen LogP contribution in [0.5, 0.6) is 0 Å². The van der Waals surface area contributed by atoms with Crippen molar-refractivity contribution < 1.29 is 19.1 Å². The van der Waals surface area contributed by atoms with E-state index >= 15 is 0 Å². The molecule has 1 spiro atoms. The Hall–Kier alpha value is -2.57. The van der Waals surface area contributed by atoms with Gasteiger partial charge in [0, 0.05) is 16.5 Å². The summed E-state index contributed by atoms with van der Waals surface area (Å²) in [7, 11) is 0. The van der Waals surface area contributed by atoms with E-state index in [4.69, 9.17) is 27.9 Å². The summed E-state index contributed by atoms with van der Waals surface area (Å²) < 4.78 is 5.30. The first kappa shape index (κ1) is 24.1. The molecule has 0 unspecified atom stereocenters. The van der Waals surface area contributed by atoms with Crippen LogP contribution in [-0.4, -0.2) is 24.5 Å². The Labute approximate surface area is 214 Å². The number of anilines is 1. The summed E-state index contributed by atoms with van der Waals surface area (Å²) >= 11 is 12.5. The number of rotatable bonds is 3. The van der Waals surface area contributed by atoms with E-state index in [1.807, 2.05) is 18.2 Å². The van der Waals surface area contributed by atoms with Gasteiger partial charge in [-0.25, -0.2) is 9.69 Å². The van der Waals surface area contributed by atoms with Gasteiger partial charge in [0.25, 0.3) is 0 Å². The molecule has 0 bridgehead atoms. The average molecular weight is 515 g/mol. The average Bonchev–Trinajstić information content (AvgIpc) is 3.09. The predicted octanol–water partition coefficient (Wildman–Crippen LogP) is 6.19. The monoisotopic (exact) mass is 514 g/mol. The number of piperidine rings is 1. The Morgan fingerprint density at radius 2 is 1.74 bits per heavy atom. The summed E-state index contributed by atoms with van der Waals surface area (Å²) in [5.41, 5.74) is 0.728. The quantitative estimate of drug-likeness (QED) is 0.529. The van der Waals surface area contributed by atoms with E-state index in [2.05, 4.69) is 5.32 Å². The molecule has 1 N–H and O–H groups in total. The number of hydrogen-bond donors (Lipinski definition) is 1. The van der Waals surface area contributed by atoms with Crippen molar-refractivity contribution >= 4 is 46.8 Å². The molecule has 3 atom stereocenters. The minimum atomic E-state index is -1.17. The van der Waals surface area contributed by atoms with Crippen LogP contribution in [0.3, 0.4) is 0 Å². The molecule has 35 heavy (non-hydrogen) atoms. The summed E-state index contributed by atoms with van der Waals surface area (Å²) in [6, 6.07) is 11.8. The molecule has 8 heteroatoms. The lowest BCUT2D eigenvalue weighted by atomic mass is 9.56. The first-order valence-electron chi connectivity index (χ1n) is 12.2. The Bertz CT molecular complexity index is 1160. The fourth-order valence-electron chi connectivity index (χ4n) is 6.44. The van der Waals surface area contributed by atoms with Gasteiger partial charge in [0.2, 0.25) is 11.8 Å². The molecule has 3 aliphatic rings. The number of nitrogens with zero attached hydrogens (tertiary/aromatic N) is 1. The van der Waals surface area contributed by atoms with Crippen LogP contribution in [0, 0.1) is 11.8 Å². The van der Waals surface area contributed by atoms with Crippen LogP contribution in [0.25, 0.3) is 0 Å². The lowest BCUT2D eigenvalue weighted by Gasteiger charge is -2.50. The number of ether oxygens (including phenoxy) is 1. The molecule has 1 aliphatic carbocycles. The van der Waals surface area contributed by atoms with E-state index in [1.165, 1.54) is 0 Å². The molecule has 0 radical (unpaired) electrons. The molecule has 2 aliphatic heterocycles. The molecule has 184 valence electrons. The highest BCUT2D eigenvalue weighted by Gasteiger charge is 2.65. The highest BCUT2D eigenvalue weighted by Crippen LogP contribution is 2.59. The van der Waals surface area contributed by atoms with Crippen LogP contribution in [0.2, 0.25) is 10.0 Å². The maximum Gasteiger partial charge on any atom is 0.421 e. The van der Waals surface area contributed by atoms with Crippen molar-refractivity contribution in [3.05, 3.63) is 63.6 Å². The van der Waals surface area contributed by atoms with Gasteiger partial charge in [-0.15, -0.1) is 0 Å². The summed E-state index contributed by atoms with van der Waals surface area (Å²) in [6.07, 6.45) is 4.66. The number of imide groups is 1. The maximum absolute atomic E-state index is 14.6. The van der Waals surface area contributed by atoms with Gasteiger partial charge in [-0.1, -0.05) is 73.5 Å². The second kappa shape index (κ2) is 9.47. The molecular formula is C27H28Cl2N2O4. The molecule has 2 aromatic rings. The summed E-state index contributed by atoms with van der Waals surface area (Å²) in [5.74, 6) is -0.559. The first-order valence-corrected chi connectivity index (χ1v) is 13.0. The molecule has 5 rings (SSSR count). The molecule has 0 aromatic heterocycles. The Balaban J connectivity index is 1.77. The smallest absolute Gasteiger partial charge is 0.421 e. The zero-order chi connectivity index (χ0) is 24.7. The van der Waals surface area contributed by atoms with E-state index in [-0.39, 0.29) is 36.7 Å².